The lowest BCUT2D eigenvalue weighted by atomic mass is 10.2. The Kier molecular flexibility index (Phi) is 6.23. The number of pyridine rings is 2. The van der Waals surface area contributed by atoms with E-state index >= 15 is 0 Å². The number of ether oxygens (including phenoxy) is 1. The molecule has 168 valence electrons. The van der Waals surface area contributed by atoms with E-state index in [9.17, 15) is 14.4 Å². The van der Waals surface area contributed by atoms with Crippen molar-refractivity contribution in [3.8, 4) is 5.88 Å². The minimum absolute atomic E-state index is 0.0519. The van der Waals surface area contributed by atoms with Crippen molar-refractivity contribution < 1.29 is 9.53 Å². The van der Waals surface area contributed by atoms with Gasteiger partial charge in [0.1, 0.15) is 5.69 Å². The first-order chi connectivity index (χ1) is 15.9. The monoisotopic (exact) mass is 465 g/mol. The molecule has 9 nitrogen and oxygen atoms in total. The standard InChI is InChI=1S/C23H20ClN5O4/c1-28-19-12-25-18(21(30)27-11-15-6-7-20(33-2)26-10-15)9-17(19)22(31)29(23(28)32)13-14-4-3-5-16(24)8-14/h3-10,12H,11,13H2,1-2H3,(H,27,30). The summed E-state index contributed by atoms with van der Waals surface area (Å²) in [6.07, 6.45) is 2.95. The lowest BCUT2D eigenvalue weighted by Crippen LogP contribution is -2.39. The van der Waals surface area contributed by atoms with Crippen LogP contribution in [-0.2, 0) is 20.1 Å². The second-order valence-electron chi connectivity index (χ2n) is 7.34. The second-order valence-corrected chi connectivity index (χ2v) is 7.78. The molecule has 0 atom stereocenters. The van der Waals surface area contributed by atoms with Crippen LogP contribution in [0.5, 0.6) is 5.88 Å². The van der Waals surface area contributed by atoms with Gasteiger partial charge in [0.05, 0.1) is 30.8 Å². The first-order valence-electron chi connectivity index (χ1n) is 9.98. The SMILES string of the molecule is COc1ccc(CNC(=O)c2cc3c(=O)n(Cc4cccc(Cl)c4)c(=O)n(C)c3cn2)cn1. The normalized spacial score (nSPS) is 10.9. The predicted molar refractivity (Wildman–Crippen MR) is 124 cm³/mol. The number of halogens is 1. The number of benzene rings is 1. The molecule has 3 aromatic heterocycles. The second kappa shape index (κ2) is 9.25. The van der Waals surface area contributed by atoms with Gasteiger partial charge in [0.25, 0.3) is 11.5 Å². The number of nitrogens with zero attached hydrogens (tertiary/aromatic N) is 4. The molecule has 0 fully saturated rings. The third-order valence-electron chi connectivity index (χ3n) is 5.16. The van der Waals surface area contributed by atoms with Crippen LogP contribution in [0, 0.1) is 0 Å². The molecule has 4 rings (SSSR count). The highest BCUT2D eigenvalue weighted by Gasteiger charge is 2.15. The highest BCUT2D eigenvalue weighted by molar-refractivity contribution is 6.30. The number of carbonyl (C=O) groups excluding carboxylic acids is 1. The van der Waals surface area contributed by atoms with Crippen LogP contribution in [0.15, 0.2) is 64.4 Å². The first kappa shape index (κ1) is 22.2. The summed E-state index contributed by atoms with van der Waals surface area (Å²) in [4.78, 5) is 46.8. The van der Waals surface area contributed by atoms with Gasteiger partial charge in [0.2, 0.25) is 5.88 Å². The van der Waals surface area contributed by atoms with Gasteiger partial charge in [-0.15, -0.1) is 0 Å². The molecule has 0 saturated heterocycles. The zero-order valence-corrected chi connectivity index (χ0v) is 18.7. The van der Waals surface area contributed by atoms with Gasteiger partial charge in [0.15, 0.2) is 0 Å². The Bertz CT molecular complexity index is 1460. The Balaban J connectivity index is 1.64. The summed E-state index contributed by atoms with van der Waals surface area (Å²) in [7, 11) is 3.07. The fourth-order valence-corrected chi connectivity index (χ4v) is 3.61. The third kappa shape index (κ3) is 4.63. The van der Waals surface area contributed by atoms with Crippen molar-refractivity contribution >= 4 is 28.4 Å². The van der Waals surface area contributed by atoms with Crippen molar-refractivity contribution in [1.82, 2.24) is 24.4 Å². The molecule has 1 amide bonds. The maximum atomic E-state index is 13.1. The Morgan fingerprint density at radius 2 is 1.91 bits per heavy atom. The van der Waals surface area contributed by atoms with Gasteiger partial charge in [-0.3, -0.25) is 18.7 Å². The highest BCUT2D eigenvalue weighted by Crippen LogP contribution is 2.13. The molecule has 0 radical (unpaired) electrons. The largest absolute Gasteiger partial charge is 0.481 e. The molecule has 3 heterocycles. The van der Waals surface area contributed by atoms with Crippen LogP contribution >= 0.6 is 11.6 Å². The van der Waals surface area contributed by atoms with Crippen molar-refractivity contribution in [3.63, 3.8) is 0 Å². The van der Waals surface area contributed by atoms with Gasteiger partial charge in [-0.2, -0.15) is 0 Å². The van der Waals surface area contributed by atoms with Gasteiger partial charge in [-0.1, -0.05) is 29.8 Å². The van der Waals surface area contributed by atoms with Crippen LogP contribution in [0.4, 0.5) is 0 Å². The van der Waals surface area contributed by atoms with Gasteiger partial charge >= 0.3 is 5.69 Å². The van der Waals surface area contributed by atoms with Crippen LogP contribution in [0.3, 0.4) is 0 Å². The predicted octanol–water partition coefficient (Wildman–Crippen LogP) is 2.13. The van der Waals surface area contributed by atoms with E-state index in [1.165, 1.54) is 23.9 Å². The van der Waals surface area contributed by atoms with E-state index in [1.807, 2.05) is 0 Å². The molecule has 1 aromatic carbocycles. The van der Waals surface area contributed by atoms with Gasteiger partial charge < -0.3 is 10.1 Å². The first-order valence-corrected chi connectivity index (χ1v) is 10.4. The van der Waals surface area contributed by atoms with Gasteiger partial charge in [-0.05, 0) is 29.3 Å². The number of hydrogen-bond acceptors (Lipinski definition) is 6. The van der Waals surface area contributed by atoms with Crippen LogP contribution in [-0.4, -0.2) is 32.1 Å². The minimum atomic E-state index is -0.510. The molecule has 1 N–H and O–H groups in total. The lowest BCUT2D eigenvalue weighted by Gasteiger charge is -2.12. The quantitative estimate of drug-likeness (QED) is 0.467. The van der Waals surface area contributed by atoms with E-state index in [1.54, 1.807) is 49.6 Å². The summed E-state index contributed by atoms with van der Waals surface area (Å²) in [6, 6.07) is 11.8. The van der Waals surface area contributed by atoms with E-state index in [0.29, 0.717) is 22.0 Å². The fourth-order valence-electron chi connectivity index (χ4n) is 3.39. The zero-order valence-electron chi connectivity index (χ0n) is 17.9. The summed E-state index contributed by atoms with van der Waals surface area (Å²) >= 11 is 6.03. The number of amides is 1. The summed E-state index contributed by atoms with van der Waals surface area (Å²) in [5.41, 5.74) is 0.886. The van der Waals surface area contributed by atoms with Crippen molar-refractivity contribution in [2.45, 2.75) is 13.1 Å². The molecule has 0 bridgehead atoms. The van der Waals surface area contributed by atoms with Gasteiger partial charge in [-0.25, -0.2) is 14.8 Å². The Hall–Kier alpha value is -3.98. The molecular weight excluding hydrogens is 446 g/mol. The smallest absolute Gasteiger partial charge is 0.331 e. The summed E-state index contributed by atoms with van der Waals surface area (Å²) in [5, 5.41) is 3.47. The Morgan fingerprint density at radius 3 is 2.61 bits per heavy atom. The number of methoxy groups -OCH3 is 1. The highest BCUT2D eigenvalue weighted by atomic mass is 35.5. The van der Waals surface area contributed by atoms with Crippen molar-refractivity contribution in [2.24, 2.45) is 7.05 Å². The average Bonchev–Trinajstić information content (AvgIpc) is 2.83. The van der Waals surface area contributed by atoms with E-state index in [-0.39, 0.29) is 24.2 Å². The molecular formula is C23H20ClN5O4. The number of nitrogens with one attached hydrogen (secondary N) is 1. The van der Waals surface area contributed by atoms with E-state index in [2.05, 4.69) is 15.3 Å². The number of carbonyl (C=O) groups is 1. The van der Waals surface area contributed by atoms with E-state index in [0.717, 1.165) is 10.1 Å². The lowest BCUT2D eigenvalue weighted by molar-refractivity contribution is 0.0946. The van der Waals surface area contributed by atoms with Crippen LogP contribution in [0.25, 0.3) is 10.9 Å². The molecule has 0 aliphatic heterocycles. The van der Waals surface area contributed by atoms with Crippen molar-refractivity contribution in [2.75, 3.05) is 7.11 Å². The maximum absolute atomic E-state index is 13.1. The van der Waals surface area contributed by atoms with Crippen LogP contribution in [0.2, 0.25) is 5.02 Å². The van der Waals surface area contributed by atoms with Gasteiger partial charge in [0, 0.05) is 30.9 Å². The van der Waals surface area contributed by atoms with Crippen LogP contribution in [0.1, 0.15) is 21.6 Å². The summed E-state index contributed by atoms with van der Waals surface area (Å²) in [5.74, 6) is 0.0169. The fraction of sp³-hybridized carbons (Fsp3) is 0.174. The molecule has 10 heteroatoms. The molecule has 0 unspecified atom stereocenters. The number of fused-ring (bicyclic) bond motifs is 1. The topological polar surface area (TPSA) is 108 Å². The number of aromatic nitrogens is 4. The summed E-state index contributed by atoms with van der Waals surface area (Å²) < 4.78 is 7.46. The molecule has 0 aliphatic rings. The van der Waals surface area contributed by atoms with E-state index < -0.39 is 17.2 Å². The maximum Gasteiger partial charge on any atom is 0.331 e. The zero-order chi connectivity index (χ0) is 23.5. The third-order valence-corrected chi connectivity index (χ3v) is 5.39. The average molecular weight is 466 g/mol. The van der Waals surface area contributed by atoms with E-state index in [4.69, 9.17) is 16.3 Å². The minimum Gasteiger partial charge on any atom is -0.481 e. The Labute approximate surface area is 193 Å². The molecule has 0 saturated carbocycles. The molecule has 0 spiro atoms. The summed E-state index contributed by atoms with van der Waals surface area (Å²) in [6.45, 7) is 0.276. The van der Waals surface area contributed by atoms with Crippen molar-refractivity contribution in [1.29, 1.82) is 0 Å². The molecule has 33 heavy (non-hydrogen) atoms. The Morgan fingerprint density at radius 1 is 1.09 bits per heavy atom. The van der Waals surface area contributed by atoms with Crippen molar-refractivity contribution in [3.05, 3.63) is 97.5 Å². The van der Waals surface area contributed by atoms with Crippen LogP contribution < -0.4 is 21.3 Å². The number of aryl methyl sites for hydroxylation is 1. The molecule has 0 aliphatic carbocycles. The number of hydrogen-bond donors (Lipinski definition) is 1. The number of rotatable bonds is 6. The molecule has 4 aromatic rings.